The average molecular weight is 280 g/mol. The molecule has 0 aromatic carbocycles. The summed E-state index contributed by atoms with van der Waals surface area (Å²) in [5, 5.41) is 3.94. The Bertz CT molecular complexity index is 270. The standard InChI is InChI=1S/C7H6ClIN2/c8-6-2-1-5(9)7-10-3-4-11(6)7/h1-4,7,10H. The van der Waals surface area contributed by atoms with Crippen LogP contribution in [0.2, 0.25) is 0 Å². The zero-order valence-corrected chi connectivity index (χ0v) is 8.50. The summed E-state index contributed by atoms with van der Waals surface area (Å²) >= 11 is 8.23. The van der Waals surface area contributed by atoms with Gasteiger partial charge in [-0.15, -0.1) is 0 Å². The van der Waals surface area contributed by atoms with Crippen LogP contribution in [0.25, 0.3) is 0 Å². The molecule has 0 spiro atoms. The molecule has 0 aliphatic carbocycles. The van der Waals surface area contributed by atoms with Crippen LogP contribution in [0.5, 0.6) is 0 Å². The summed E-state index contributed by atoms with van der Waals surface area (Å²) < 4.78 is 1.25. The summed E-state index contributed by atoms with van der Waals surface area (Å²) in [6.45, 7) is 0. The second-order valence-electron chi connectivity index (χ2n) is 2.33. The minimum Gasteiger partial charge on any atom is -0.366 e. The summed E-state index contributed by atoms with van der Waals surface area (Å²) in [4.78, 5) is 1.99. The van der Waals surface area contributed by atoms with E-state index in [-0.39, 0.29) is 6.17 Å². The molecule has 58 valence electrons. The molecule has 0 bridgehead atoms. The highest BCUT2D eigenvalue weighted by molar-refractivity contribution is 14.1. The number of hydrogen-bond acceptors (Lipinski definition) is 2. The van der Waals surface area contributed by atoms with Gasteiger partial charge in [0, 0.05) is 16.0 Å². The second-order valence-corrected chi connectivity index (χ2v) is 3.97. The van der Waals surface area contributed by atoms with Crippen LogP contribution in [-0.2, 0) is 0 Å². The smallest absolute Gasteiger partial charge is 0.136 e. The van der Waals surface area contributed by atoms with E-state index >= 15 is 0 Å². The van der Waals surface area contributed by atoms with Crippen LogP contribution in [0.1, 0.15) is 0 Å². The number of rotatable bonds is 0. The molecule has 2 heterocycles. The minimum atomic E-state index is 0.230. The van der Waals surface area contributed by atoms with Crippen LogP contribution in [0.4, 0.5) is 0 Å². The normalized spacial score (nSPS) is 27.5. The summed E-state index contributed by atoms with van der Waals surface area (Å²) in [6.07, 6.45) is 7.99. The van der Waals surface area contributed by atoms with Crippen LogP contribution in [0, 0.1) is 0 Å². The van der Waals surface area contributed by atoms with E-state index in [2.05, 4.69) is 27.9 Å². The Morgan fingerprint density at radius 2 is 2.36 bits per heavy atom. The maximum absolute atomic E-state index is 5.93. The lowest BCUT2D eigenvalue weighted by Crippen LogP contribution is -2.35. The summed E-state index contributed by atoms with van der Waals surface area (Å²) in [5.41, 5.74) is 0. The Morgan fingerprint density at radius 1 is 1.55 bits per heavy atom. The number of halogens is 2. The van der Waals surface area contributed by atoms with Crippen molar-refractivity contribution in [2.45, 2.75) is 6.17 Å². The number of nitrogens with zero attached hydrogens (tertiary/aromatic N) is 1. The second kappa shape index (κ2) is 2.71. The first-order valence-electron chi connectivity index (χ1n) is 3.23. The number of nitrogens with one attached hydrogen (secondary N) is 1. The highest BCUT2D eigenvalue weighted by Gasteiger charge is 2.25. The lowest BCUT2D eigenvalue weighted by molar-refractivity contribution is 0.412. The molecular formula is C7H6ClIN2. The third-order valence-corrected chi connectivity index (χ3v) is 2.93. The van der Waals surface area contributed by atoms with Crippen molar-refractivity contribution < 1.29 is 0 Å². The van der Waals surface area contributed by atoms with Crippen LogP contribution < -0.4 is 5.32 Å². The van der Waals surface area contributed by atoms with E-state index in [0.29, 0.717) is 0 Å². The summed E-state index contributed by atoms with van der Waals surface area (Å²) in [6, 6.07) is 0. The lowest BCUT2D eigenvalue weighted by atomic mass is 10.3. The monoisotopic (exact) mass is 280 g/mol. The fourth-order valence-corrected chi connectivity index (χ4v) is 1.99. The van der Waals surface area contributed by atoms with Crippen LogP contribution >= 0.6 is 34.2 Å². The predicted molar refractivity (Wildman–Crippen MR) is 53.9 cm³/mol. The Labute approximate surface area is 83.7 Å². The molecule has 0 radical (unpaired) electrons. The number of allylic oxidation sites excluding steroid dienone is 2. The van der Waals surface area contributed by atoms with E-state index in [1.165, 1.54) is 3.58 Å². The van der Waals surface area contributed by atoms with E-state index in [1.54, 1.807) is 0 Å². The van der Waals surface area contributed by atoms with Crippen molar-refractivity contribution in [1.29, 1.82) is 0 Å². The van der Waals surface area contributed by atoms with E-state index in [4.69, 9.17) is 11.6 Å². The Balaban J connectivity index is 2.35. The third kappa shape index (κ3) is 1.16. The maximum atomic E-state index is 5.93. The fourth-order valence-electron chi connectivity index (χ4n) is 1.11. The predicted octanol–water partition coefficient (Wildman–Crippen LogP) is 2.10. The molecule has 2 aliphatic rings. The van der Waals surface area contributed by atoms with Crippen LogP contribution in [-0.4, -0.2) is 11.1 Å². The first-order chi connectivity index (χ1) is 5.29. The average Bonchev–Trinajstić information content (AvgIpc) is 2.45. The van der Waals surface area contributed by atoms with Crippen molar-refractivity contribution in [2.75, 3.05) is 0 Å². The van der Waals surface area contributed by atoms with Gasteiger partial charge in [0.1, 0.15) is 11.3 Å². The van der Waals surface area contributed by atoms with Crippen LogP contribution in [0.15, 0.2) is 33.3 Å². The largest absolute Gasteiger partial charge is 0.366 e. The molecule has 0 saturated heterocycles. The molecule has 2 aliphatic heterocycles. The molecule has 2 rings (SSSR count). The highest BCUT2D eigenvalue weighted by atomic mass is 127. The zero-order valence-electron chi connectivity index (χ0n) is 5.59. The summed E-state index contributed by atoms with van der Waals surface area (Å²) in [5.74, 6) is 0. The van der Waals surface area contributed by atoms with Gasteiger partial charge in [-0.05, 0) is 34.7 Å². The molecule has 0 amide bonds. The van der Waals surface area contributed by atoms with Gasteiger partial charge in [-0.3, -0.25) is 0 Å². The molecule has 4 heteroatoms. The molecule has 0 fully saturated rings. The van der Waals surface area contributed by atoms with Gasteiger partial charge < -0.3 is 10.2 Å². The molecule has 1 unspecified atom stereocenters. The van der Waals surface area contributed by atoms with Gasteiger partial charge in [0.25, 0.3) is 0 Å². The van der Waals surface area contributed by atoms with Crippen molar-refractivity contribution in [2.24, 2.45) is 0 Å². The van der Waals surface area contributed by atoms with Crippen molar-refractivity contribution in [1.82, 2.24) is 10.2 Å². The van der Waals surface area contributed by atoms with Gasteiger partial charge in [-0.1, -0.05) is 11.6 Å². The first-order valence-corrected chi connectivity index (χ1v) is 4.68. The number of hydrogen-bond donors (Lipinski definition) is 1. The fraction of sp³-hybridized carbons (Fsp3) is 0.143. The van der Waals surface area contributed by atoms with Crippen molar-refractivity contribution in [3.63, 3.8) is 0 Å². The van der Waals surface area contributed by atoms with E-state index < -0.39 is 0 Å². The molecule has 1 atom stereocenters. The van der Waals surface area contributed by atoms with Gasteiger partial charge in [0.15, 0.2) is 0 Å². The van der Waals surface area contributed by atoms with Crippen LogP contribution in [0.3, 0.4) is 0 Å². The van der Waals surface area contributed by atoms with Gasteiger partial charge in [0.2, 0.25) is 0 Å². The van der Waals surface area contributed by atoms with Gasteiger partial charge in [0.05, 0.1) is 0 Å². The zero-order chi connectivity index (χ0) is 7.84. The quantitative estimate of drug-likeness (QED) is 0.540. The molecular weight excluding hydrogens is 274 g/mol. The maximum Gasteiger partial charge on any atom is 0.136 e. The first kappa shape index (κ1) is 7.49. The Hall–Kier alpha value is -0.160. The number of fused-ring (bicyclic) bond motifs is 1. The van der Waals surface area contributed by atoms with Gasteiger partial charge in [-0.2, -0.15) is 0 Å². The van der Waals surface area contributed by atoms with E-state index in [9.17, 15) is 0 Å². The summed E-state index contributed by atoms with van der Waals surface area (Å²) in [7, 11) is 0. The van der Waals surface area contributed by atoms with Gasteiger partial charge >= 0.3 is 0 Å². The van der Waals surface area contributed by atoms with Crippen molar-refractivity contribution in [3.8, 4) is 0 Å². The molecule has 0 aromatic rings. The molecule has 0 saturated carbocycles. The third-order valence-electron chi connectivity index (χ3n) is 1.66. The Morgan fingerprint density at radius 3 is 3.09 bits per heavy atom. The van der Waals surface area contributed by atoms with Gasteiger partial charge in [-0.25, -0.2) is 0 Å². The molecule has 1 N–H and O–H groups in total. The van der Waals surface area contributed by atoms with Crippen molar-refractivity contribution in [3.05, 3.63) is 33.3 Å². The highest BCUT2D eigenvalue weighted by Crippen LogP contribution is 2.29. The lowest BCUT2D eigenvalue weighted by Gasteiger charge is -2.27. The molecule has 11 heavy (non-hydrogen) atoms. The van der Waals surface area contributed by atoms with E-state index in [0.717, 1.165) is 5.16 Å². The molecule has 2 nitrogen and oxygen atoms in total. The minimum absolute atomic E-state index is 0.230. The molecule has 0 aromatic heterocycles. The van der Waals surface area contributed by atoms with E-state index in [1.807, 2.05) is 29.5 Å². The Kier molecular flexibility index (Phi) is 1.85. The SMILES string of the molecule is ClC1=CC=C(I)C2NC=CN12. The topological polar surface area (TPSA) is 15.3 Å². The van der Waals surface area contributed by atoms with Crippen molar-refractivity contribution >= 4 is 34.2 Å².